The highest BCUT2D eigenvalue weighted by Crippen LogP contribution is 2.43. The third-order valence-corrected chi connectivity index (χ3v) is 7.67. The van der Waals surface area contributed by atoms with Crippen LogP contribution in [0.4, 0.5) is 0 Å². The van der Waals surface area contributed by atoms with Crippen LogP contribution in [0, 0.1) is 29.6 Å². The van der Waals surface area contributed by atoms with Crippen LogP contribution in [0.3, 0.4) is 0 Å². The number of quaternary nitrogens is 1. The average Bonchev–Trinajstić information content (AvgIpc) is 3.02. The Morgan fingerprint density at radius 2 is 1.73 bits per heavy atom. The molecule has 26 heavy (non-hydrogen) atoms. The highest BCUT2D eigenvalue weighted by Gasteiger charge is 2.50. The SMILES string of the molecule is COC(OC)C1C[NH+](C(CC2CCCCC2)C(=O)[O-])CC2C(C)CCC21. The average molecular weight is 368 g/mol. The van der Waals surface area contributed by atoms with Crippen molar-refractivity contribution in [2.24, 2.45) is 29.6 Å². The van der Waals surface area contributed by atoms with E-state index in [0.29, 0.717) is 23.7 Å². The Labute approximate surface area is 158 Å². The van der Waals surface area contributed by atoms with Gasteiger partial charge in [-0.3, -0.25) is 0 Å². The minimum Gasteiger partial charge on any atom is -0.544 e. The van der Waals surface area contributed by atoms with Crippen molar-refractivity contribution in [3.8, 4) is 0 Å². The van der Waals surface area contributed by atoms with Crippen LogP contribution < -0.4 is 10.0 Å². The Morgan fingerprint density at radius 1 is 1.04 bits per heavy atom. The molecule has 3 aliphatic rings. The molecule has 3 fully saturated rings. The topological polar surface area (TPSA) is 63.0 Å². The number of aliphatic carboxylic acids is 1. The van der Waals surface area contributed by atoms with Crippen LogP contribution in [0.25, 0.3) is 0 Å². The number of methoxy groups -OCH3 is 2. The van der Waals surface area contributed by atoms with E-state index in [9.17, 15) is 9.90 Å². The van der Waals surface area contributed by atoms with Crippen molar-refractivity contribution in [2.45, 2.75) is 70.6 Å². The second-order valence-electron chi connectivity index (χ2n) is 9.06. The second-order valence-corrected chi connectivity index (χ2v) is 9.06. The first-order chi connectivity index (χ1) is 12.5. The molecule has 0 radical (unpaired) electrons. The Bertz CT molecular complexity index is 461. The monoisotopic (exact) mass is 367 g/mol. The Hall–Kier alpha value is -0.650. The van der Waals surface area contributed by atoms with Crippen LogP contribution in [-0.4, -0.2) is 45.6 Å². The third-order valence-electron chi connectivity index (χ3n) is 7.67. The van der Waals surface area contributed by atoms with Gasteiger partial charge < -0.3 is 24.3 Å². The molecule has 0 spiro atoms. The highest BCUT2D eigenvalue weighted by atomic mass is 16.7. The summed E-state index contributed by atoms with van der Waals surface area (Å²) in [5.74, 6) is 1.79. The van der Waals surface area contributed by atoms with Crippen molar-refractivity contribution in [1.82, 2.24) is 0 Å². The summed E-state index contributed by atoms with van der Waals surface area (Å²) in [6, 6.07) is -0.385. The number of carbonyl (C=O) groups is 1. The van der Waals surface area contributed by atoms with Crippen molar-refractivity contribution < 1.29 is 24.3 Å². The Morgan fingerprint density at radius 3 is 2.35 bits per heavy atom. The molecule has 5 nitrogen and oxygen atoms in total. The molecule has 5 heteroatoms. The summed E-state index contributed by atoms with van der Waals surface area (Å²) in [4.78, 5) is 13.3. The van der Waals surface area contributed by atoms with Crippen molar-refractivity contribution in [3.05, 3.63) is 0 Å². The molecule has 2 saturated carbocycles. The number of rotatable bonds is 7. The van der Waals surface area contributed by atoms with Gasteiger partial charge in [0.1, 0.15) is 6.04 Å². The zero-order chi connectivity index (χ0) is 18.7. The summed E-state index contributed by atoms with van der Waals surface area (Å²) in [7, 11) is 3.40. The van der Waals surface area contributed by atoms with Gasteiger partial charge in [-0.25, -0.2) is 0 Å². The van der Waals surface area contributed by atoms with E-state index in [2.05, 4.69) is 6.92 Å². The minimum absolute atomic E-state index is 0.236. The van der Waals surface area contributed by atoms with Crippen molar-refractivity contribution in [1.29, 1.82) is 0 Å². The van der Waals surface area contributed by atoms with Gasteiger partial charge in [0.05, 0.1) is 25.0 Å². The van der Waals surface area contributed by atoms with E-state index in [4.69, 9.17) is 9.47 Å². The molecule has 1 saturated heterocycles. The van der Waals surface area contributed by atoms with Gasteiger partial charge in [-0.15, -0.1) is 0 Å². The number of nitrogens with one attached hydrogen (secondary N) is 1. The fourth-order valence-corrected chi connectivity index (χ4v) is 6.24. The molecular formula is C21H37NO4. The van der Waals surface area contributed by atoms with Crippen molar-refractivity contribution in [2.75, 3.05) is 27.3 Å². The number of carboxylic acids is 1. The molecule has 2 aliphatic carbocycles. The molecular weight excluding hydrogens is 330 g/mol. The lowest BCUT2D eigenvalue weighted by Crippen LogP contribution is -3.20. The van der Waals surface area contributed by atoms with Crippen LogP contribution in [0.2, 0.25) is 0 Å². The molecule has 0 aromatic heterocycles. The predicted molar refractivity (Wildman–Crippen MR) is 97.4 cm³/mol. The van der Waals surface area contributed by atoms with Gasteiger partial charge in [-0.05, 0) is 30.6 Å². The Kier molecular flexibility index (Phi) is 6.98. The number of piperidine rings is 1. The van der Waals surface area contributed by atoms with E-state index in [-0.39, 0.29) is 18.2 Å². The quantitative estimate of drug-likeness (QED) is 0.679. The van der Waals surface area contributed by atoms with Crippen LogP contribution in [0.5, 0.6) is 0 Å². The second kappa shape index (κ2) is 9.03. The smallest absolute Gasteiger partial charge is 0.165 e. The fourth-order valence-electron chi connectivity index (χ4n) is 6.24. The number of ether oxygens (including phenoxy) is 2. The number of likely N-dealkylation sites (tertiary alicyclic amines) is 1. The van der Waals surface area contributed by atoms with Crippen LogP contribution in [0.1, 0.15) is 58.3 Å². The van der Waals surface area contributed by atoms with Crippen LogP contribution in [0.15, 0.2) is 0 Å². The summed E-state index contributed by atoms with van der Waals surface area (Å²) in [6.45, 7) is 4.12. The van der Waals surface area contributed by atoms with Crippen molar-refractivity contribution >= 4 is 5.97 Å². The van der Waals surface area contributed by atoms with Gasteiger partial charge in [-0.2, -0.15) is 0 Å². The number of fused-ring (bicyclic) bond motifs is 1. The zero-order valence-corrected chi connectivity index (χ0v) is 16.7. The first-order valence-electron chi connectivity index (χ1n) is 10.7. The van der Waals surface area contributed by atoms with E-state index in [1.807, 2.05) is 0 Å². The standard InChI is InChI=1S/C21H37NO4/c1-14-9-10-16-17(14)12-22(13-18(16)21(25-2)26-3)19(20(23)24)11-15-7-5-4-6-8-15/h14-19,21H,4-13H2,1-3H3,(H,23,24). The van der Waals surface area contributed by atoms with E-state index in [0.717, 1.165) is 19.5 Å². The summed E-state index contributed by atoms with van der Waals surface area (Å²) < 4.78 is 11.2. The maximum Gasteiger partial charge on any atom is 0.165 e. The lowest BCUT2D eigenvalue weighted by Gasteiger charge is -2.45. The van der Waals surface area contributed by atoms with Gasteiger partial charge in [0.15, 0.2) is 6.29 Å². The maximum absolute atomic E-state index is 12.1. The highest BCUT2D eigenvalue weighted by molar-refractivity contribution is 5.69. The van der Waals surface area contributed by atoms with Gasteiger partial charge in [-0.1, -0.05) is 39.0 Å². The molecule has 150 valence electrons. The third kappa shape index (κ3) is 4.26. The fraction of sp³-hybridized carbons (Fsp3) is 0.952. The van der Waals surface area contributed by atoms with Crippen molar-refractivity contribution in [3.63, 3.8) is 0 Å². The molecule has 1 aliphatic heterocycles. The first kappa shape index (κ1) is 20.1. The molecule has 6 unspecified atom stereocenters. The number of hydrogen-bond donors (Lipinski definition) is 1. The molecule has 3 rings (SSSR count). The molecule has 0 aromatic rings. The van der Waals surface area contributed by atoms with E-state index < -0.39 is 5.97 Å². The van der Waals surface area contributed by atoms with Gasteiger partial charge in [0.2, 0.25) is 0 Å². The molecule has 1 heterocycles. The molecule has 0 amide bonds. The summed E-state index contributed by atoms with van der Waals surface area (Å²) in [6.07, 6.45) is 9.16. The summed E-state index contributed by atoms with van der Waals surface area (Å²) in [5.41, 5.74) is 0. The van der Waals surface area contributed by atoms with E-state index in [1.165, 1.54) is 49.8 Å². The number of hydrogen-bond acceptors (Lipinski definition) is 4. The van der Waals surface area contributed by atoms with E-state index >= 15 is 0 Å². The normalized spacial score (nSPS) is 36.8. The minimum atomic E-state index is -0.861. The largest absolute Gasteiger partial charge is 0.544 e. The lowest BCUT2D eigenvalue weighted by atomic mass is 9.76. The zero-order valence-electron chi connectivity index (χ0n) is 16.7. The lowest BCUT2D eigenvalue weighted by molar-refractivity contribution is -0.934. The first-order valence-corrected chi connectivity index (χ1v) is 10.7. The summed E-state index contributed by atoms with van der Waals surface area (Å²) >= 11 is 0. The van der Waals surface area contributed by atoms with Gasteiger partial charge in [0, 0.05) is 26.6 Å². The molecule has 0 bridgehead atoms. The molecule has 1 N–H and O–H groups in total. The molecule has 6 atom stereocenters. The van der Waals surface area contributed by atoms with Gasteiger partial charge >= 0.3 is 0 Å². The summed E-state index contributed by atoms with van der Waals surface area (Å²) in [5, 5.41) is 12.1. The Balaban J connectivity index is 1.76. The van der Waals surface area contributed by atoms with Gasteiger partial charge in [0.25, 0.3) is 0 Å². The number of carbonyl (C=O) groups excluding carboxylic acids is 1. The van der Waals surface area contributed by atoms with Crippen LogP contribution >= 0.6 is 0 Å². The maximum atomic E-state index is 12.1. The molecule has 0 aromatic carbocycles. The van der Waals surface area contributed by atoms with E-state index in [1.54, 1.807) is 14.2 Å². The number of carboxylic acid groups (broad SMARTS) is 1. The predicted octanol–water partition coefficient (Wildman–Crippen LogP) is 0.871. The van der Waals surface area contributed by atoms with Crippen LogP contribution in [-0.2, 0) is 14.3 Å².